The summed E-state index contributed by atoms with van der Waals surface area (Å²) in [5, 5.41) is 1.16. The van der Waals surface area contributed by atoms with Crippen molar-refractivity contribution in [2.24, 2.45) is 11.8 Å². The van der Waals surface area contributed by atoms with Gasteiger partial charge in [-0.1, -0.05) is 52.9 Å². The van der Waals surface area contributed by atoms with Crippen LogP contribution in [0, 0.1) is 11.8 Å². The van der Waals surface area contributed by atoms with E-state index in [4.69, 9.17) is 17.2 Å². The Kier molecular flexibility index (Phi) is 9.84. The van der Waals surface area contributed by atoms with Gasteiger partial charge in [-0.2, -0.15) is 0 Å². The monoisotopic (exact) mass is 482 g/mol. The van der Waals surface area contributed by atoms with E-state index in [0.717, 1.165) is 86.7 Å². The number of carbonyl (C=O) groups excluding carboxylic acids is 1. The van der Waals surface area contributed by atoms with Crippen LogP contribution >= 0.6 is 12.2 Å². The molecule has 34 heavy (non-hydrogen) atoms. The number of fused-ring (bicyclic) bond motifs is 1. The molecule has 0 unspecified atom stereocenters. The third-order valence-corrected chi connectivity index (χ3v) is 7.62. The normalized spacial score (nSPS) is 15.4. The van der Waals surface area contributed by atoms with Crippen molar-refractivity contribution in [3.63, 3.8) is 0 Å². The highest BCUT2D eigenvalue weighted by molar-refractivity contribution is 7.80. The maximum Gasteiger partial charge on any atom is 0.225 e. The van der Waals surface area contributed by atoms with Crippen LogP contribution in [-0.4, -0.2) is 71.4 Å². The van der Waals surface area contributed by atoms with E-state index in [0.29, 0.717) is 5.92 Å². The molecule has 6 heteroatoms. The number of piperazine rings is 1. The van der Waals surface area contributed by atoms with Gasteiger partial charge < -0.3 is 14.7 Å². The maximum atomic E-state index is 12.7. The first-order chi connectivity index (χ1) is 16.3. The Morgan fingerprint density at radius 1 is 1.06 bits per heavy atom. The molecule has 1 aliphatic heterocycles. The number of hydrogen-bond donors (Lipinski definition) is 0. The van der Waals surface area contributed by atoms with Gasteiger partial charge in [-0.05, 0) is 73.1 Å². The van der Waals surface area contributed by atoms with Crippen LogP contribution in [0.5, 0.6) is 0 Å². The Balaban J connectivity index is 1.55. The quantitative estimate of drug-likeness (QED) is 0.411. The van der Waals surface area contributed by atoms with Crippen molar-refractivity contribution in [2.45, 2.75) is 53.9 Å². The minimum atomic E-state index is 0.0785. The number of benzene rings is 1. The molecule has 2 aromatic rings. The van der Waals surface area contributed by atoms with E-state index >= 15 is 0 Å². The molecule has 0 spiro atoms. The summed E-state index contributed by atoms with van der Waals surface area (Å²) in [6.07, 6.45) is 3.00. The number of nitrogens with zero attached hydrogens (tertiary/aromatic N) is 4. The van der Waals surface area contributed by atoms with Crippen molar-refractivity contribution in [2.75, 3.05) is 50.7 Å². The summed E-state index contributed by atoms with van der Waals surface area (Å²) in [7, 11) is 0. The van der Waals surface area contributed by atoms with E-state index in [1.807, 2.05) is 11.8 Å². The average molecular weight is 483 g/mol. The van der Waals surface area contributed by atoms with E-state index in [-0.39, 0.29) is 11.8 Å². The molecule has 0 aliphatic carbocycles. The molecule has 0 bridgehead atoms. The highest BCUT2D eigenvalue weighted by Gasteiger charge is 2.26. The molecular weight excluding hydrogens is 440 g/mol. The molecule has 2 heterocycles. The van der Waals surface area contributed by atoms with Gasteiger partial charge in [0.2, 0.25) is 5.91 Å². The highest BCUT2D eigenvalue weighted by atomic mass is 32.1. The van der Waals surface area contributed by atoms with E-state index in [1.54, 1.807) is 0 Å². The molecule has 1 aromatic heterocycles. The third kappa shape index (κ3) is 6.98. The summed E-state index contributed by atoms with van der Waals surface area (Å²) < 4.78 is 0. The predicted molar refractivity (Wildman–Crippen MR) is 148 cm³/mol. The highest BCUT2D eigenvalue weighted by Crippen LogP contribution is 2.22. The SMILES string of the molecule is CCN(CC)CCCC(=S)Cc1ccc2nc(N3CCN(C(=O)[C@@H](C)C(C)C)CC3)ccc2c1. The minimum Gasteiger partial charge on any atom is -0.353 e. The van der Waals surface area contributed by atoms with Crippen molar-refractivity contribution < 1.29 is 4.79 Å². The van der Waals surface area contributed by atoms with Crippen LogP contribution in [0.2, 0.25) is 0 Å². The fraction of sp³-hybridized carbons (Fsp3) is 0.607. The molecule has 1 amide bonds. The lowest BCUT2D eigenvalue weighted by Crippen LogP contribution is -2.50. The molecule has 1 fully saturated rings. The number of pyridine rings is 1. The molecule has 0 radical (unpaired) electrons. The number of rotatable bonds is 11. The van der Waals surface area contributed by atoms with Crippen LogP contribution in [0.15, 0.2) is 30.3 Å². The first-order valence-corrected chi connectivity index (χ1v) is 13.4. The standard InChI is InChI=1S/C28H42N4OS/c1-6-30(7-2)14-8-9-25(34)20-23-10-12-26-24(19-23)11-13-27(29-26)31-15-17-32(18-16-31)28(33)22(5)21(3)4/h10-13,19,21-22H,6-9,14-18,20H2,1-5H3/t22-/m0/s1. The van der Waals surface area contributed by atoms with Gasteiger partial charge in [-0.3, -0.25) is 4.79 Å². The average Bonchev–Trinajstić information content (AvgIpc) is 2.85. The Labute approximate surface area is 211 Å². The van der Waals surface area contributed by atoms with Crippen LogP contribution < -0.4 is 4.90 Å². The van der Waals surface area contributed by atoms with Crippen LogP contribution in [0.3, 0.4) is 0 Å². The van der Waals surface area contributed by atoms with Crippen LogP contribution in [-0.2, 0) is 11.2 Å². The van der Waals surface area contributed by atoms with Crippen LogP contribution in [0.4, 0.5) is 5.82 Å². The molecule has 186 valence electrons. The molecule has 0 N–H and O–H groups in total. The lowest BCUT2D eigenvalue weighted by molar-refractivity contribution is -0.136. The number of aromatic nitrogens is 1. The topological polar surface area (TPSA) is 39.7 Å². The number of anilines is 1. The molecule has 1 aromatic carbocycles. The van der Waals surface area contributed by atoms with Crippen molar-refractivity contribution in [3.8, 4) is 0 Å². The van der Waals surface area contributed by atoms with Gasteiger partial charge in [0, 0.05) is 43.9 Å². The van der Waals surface area contributed by atoms with E-state index in [1.165, 1.54) is 5.56 Å². The summed E-state index contributed by atoms with van der Waals surface area (Å²) in [5.74, 6) is 1.73. The van der Waals surface area contributed by atoms with E-state index in [9.17, 15) is 4.79 Å². The lowest BCUT2D eigenvalue weighted by Gasteiger charge is -2.37. The summed E-state index contributed by atoms with van der Waals surface area (Å²) >= 11 is 5.68. The van der Waals surface area contributed by atoms with Gasteiger partial charge in [0.15, 0.2) is 0 Å². The third-order valence-electron chi connectivity index (χ3n) is 7.27. The summed E-state index contributed by atoms with van der Waals surface area (Å²) in [6, 6.07) is 10.8. The minimum absolute atomic E-state index is 0.0785. The fourth-order valence-electron chi connectivity index (χ4n) is 4.54. The number of amides is 1. The zero-order valence-corrected chi connectivity index (χ0v) is 22.5. The second-order valence-corrected chi connectivity index (χ2v) is 10.5. The Morgan fingerprint density at radius 2 is 1.76 bits per heavy atom. The van der Waals surface area contributed by atoms with E-state index < -0.39 is 0 Å². The number of carbonyl (C=O) groups is 1. The number of hydrogen-bond acceptors (Lipinski definition) is 5. The zero-order valence-electron chi connectivity index (χ0n) is 21.7. The van der Waals surface area contributed by atoms with Gasteiger partial charge in [0.25, 0.3) is 0 Å². The van der Waals surface area contributed by atoms with Crippen LogP contribution in [0.1, 0.15) is 53.0 Å². The maximum absolute atomic E-state index is 12.7. The van der Waals surface area contributed by atoms with Gasteiger partial charge >= 0.3 is 0 Å². The molecule has 3 rings (SSSR count). The molecule has 1 aliphatic rings. The first-order valence-electron chi connectivity index (χ1n) is 13.0. The fourth-order valence-corrected chi connectivity index (χ4v) is 4.85. The summed E-state index contributed by atoms with van der Waals surface area (Å²) in [4.78, 5) is 25.5. The first kappa shape index (κ1) is 26.6. The Morgan fingerprint density at radius 3 is 2.41 bits per heavy atom. The van der Waals surface area contributed by atoms with E-state index in [2.05, 4.69) is 67.8 Å². The second-order valence-electron chi connectivity index (χ2n) is 9.89. The number of thiocarbonyl (C=S) groups is 1. The van der Waals surface area contributed by atoms with Gasteiger partial charge in [0.1, 0.15) is 5.82 Å². The molecule has 5 nitrogen and oxygen atoms in total. The van der Waals surface area contributed by atoms with Crippen molar-refractivity contribution in [1.82, 2.24) is 14.8 Å². The Bertz CT molecular complexity index is 964. The summed E-state index contributed by atoms with van der Waals surface area (Å²) in [6.45, 7) is 17.2. The van der Waals surface area contributed by atoms with Crippen molar-refractivity contribution in [1.29, 1.82) is 0 Å². The molecule has 1 atom stereocenters. The molecule has 0 saturated carbocycles. The van der Waals surface area contributed by atoms with Crippen molar-refractivity contribution >= 4 is 39.7 Å². The smallest absolute Gasteiger partial charge is 0.225 e. The molecular formula is C28H42N4OS. The second kappa shape index (κ2) is 12.6. The lowest BCUT2D eigenvalue weighted by atomic mass is 9.96. The van der Waals surface area contributed by atoms with Gasteiger partial charge in [0.05, 0.1) is 5.52 Å². The predicted octanol–water partition coefficient (Wildman–Crippen LogP) is 5.21. The van der Waals surface area contributed by atoms with Gasteiger partial charge in [-0.15, -0.1) is 0 Å². The van der Waals surface area contributed by atoms with Gasteiger partial charge in [-0.25, -0.2) is 4.98 Å². The summed E-state index contributed by atoms with van der Waals surface area (Å²) in [5.41, 5.74) is 2.28. The molecule has 1 saturated heterocycles. The zero-order chi connectivity index (χ0) is 24.7. The largest absolute Gasteiger partial charge is 0.353 e. The Hall–Kier alpha value is -2.05. The van der Waals surface area contributed by atoms with Crippen LogP contribution in [0.25, 0.3) is 10.9 Å². The van der Waals surface area contributed by atoms with Crippen molar-refractivity contribution in [3.05, 3.63) is 35.9 Å².